The number of carboxylic acids is 1. The summed E-state index contributed by atoms with van der Waals surface area (Å²) in [4.78, 5) is 25.7. The van der Waals surface area contributed by atoms with Crippen LogP contribution in [0.4, 0.5) is 4.79 Å². The van der Waals surface area contributed by atoms with E-state index in [1.807, 2.05) is 0 Å². The fourth-order valence-corrected chi connectivity index (χ4v) is 4.53. The van der Waals surface area contributed by atoms with Gasteiger partial charge in [0.15, 0.2) is 0 Å². The molecular weight excluding hydrogens is 354 g/mol. The number of hydrogen-bond donors (Lipinski definition) is 3. The summed E-state index contributed by atoms with van der Waals surface area (Å²) in [7, 11) is -4.84. The summed E-state index contributed by atoms with van der Waals surface area (Å²) >= 11 is 0. The van der Waals surface area contributed by atoms with Crippen molar-refractivity contribution >= 4 is 22.4 Å². The van der Waals surface area contributed by atoms with Crippen LogP contribution in [-0.4, -0.2) is 71.3 Å². The summed E-state index contributed by atoms with van der Waals surface area (Å²) in [5.41, 5.74) is -1.35. The molecule has 0 aliphatic carbocycles. The Bertz CT molecular complexity index is 649. The lowest BCUT2D eigenvalue weighted by molar-refractivity contribution is -0.151. The molecule has 25 heavy (non-hydrogen) atoms. The summed E-state index contributed by atoms with van der Waals surface area (Å²) < 4.78 is 35.1. The number of fused-ring (bicyclic) bond motifs is 2. The van der Waals surface area contributed by atoms with Crippen molar-refractivity contribution in [2.45, 2.75) is 50.1 Å². The van der Waals surface area contributed by atoms with E-state index in [9.17, 15) is 23.1 Å². The zero-order chi connectivity index (χ0) is 18.2. The fourth-order valence-electron chi connectivity index (χ4n) is 4.14. The first kappa shape index (κ1) is 18.4. The van der Waals surface area contributed by atoms with E-state index in [4.69, 9.17) is 4.55 Å². The summed E-state index contributed by atoms with van der Waals surface area (Å²) in [6, 6.07) is -1.41. The van der Waals surface area contributed by atoms with Gasteiger partial charge in [-0.15, -0.1) is 4.28 Å². The van der Waals surface area contributed by atoms with Gasteiger partial charge in [-0.1, -0.05) is 0 Å². The number of nitrogens with zero attached hydrogens (tertiary/aromatic N) is 2. The lowest BCUT2D eigenvalue weighted by atomic mass is 9.79. The van der Waals surface area contributed by atoms with Crippen LogP contribution >= 0.6 is 0 Å². The van der Waals surface area contributed by atoms with Crippen molar-refractivity contribution in [3.05, 3.63) is 0 Å². The van der Waals surface area contributed by atoms with Crippen LogP contribution in [0.2, 0.25) is 0 Å². The minimum atomic E-state index is -4.84. The second-order valence-corrected chi connectivity index (χ2v) is 7.99. The molecule has 10 nitrogen and oxygen atoms in total. The van der Waals surface area contributed by atoms with Crippen LogP contribution in [0.5, 0.6) is 0 Å². The highest BCUT2D eigenvalue weighted by atomic mass is 32.3. The number of hydrogen-bond acceptors (Lipinski definition) is 6. The van der Waals surface area contributed by atoms with Crippen LogP contribution in [-0.2, 0) is 19.5 Å². The molecule has 2 amide bonds. The normalized spacial score (nSPS) is 30.8. The van der Waals surface area contributed by atoms with E-state index in [1.165, 1.54) is 4.90 Å². The molecule has 0 unspecified atom stereocenters. The summed E-state index contributed by atoms with van der Waals surface area (Å²) in [6.07, 6.45) is 3.51. The molecule has 0 spiro atoms. The van der Waals surface area contributed by atoms with Crippen molar-refractivity contribution < 1.29 is 31.9 Å². The molecule has 0 aromatic rings. The van der Waals surface area contributed by atoms with Gasteiger partial charge in [0.05, 0.1) is 6.04 Å². The van der Waals surface area contributed by atoms with Crippen LogP contribution in [0, 0.1) is 5.92 Å². The zero-order valence-corrected chi connectivity index (χ0v) is 14.6. The van der Waals surface area contributed by atoms with Crippen LogP contribution in [0.25, 0.3) is 0 Å². The van der Waals surface area contributed by atoms with Crippen LogP contribution in [0.3, 0.4) is 0 Å². The topological polar surface area (TPSA) is 136 Å². The van der Waals surface area contributed by atoms with Crippen molar-refractivity contribution in [1.82, 2.24) is 15.3 Å². The Morgan fingerprint density at radius 3 is 2.60 bits per heavy atom. The minimum absolute atomic E-state index is 0.0763. The maximum atomic E-state index is 12.5. The Hall–Kier alpha value is -1.43. The Morgan fingerprint density at radius 1 is 1.32 bits per heavy atom. The SMILES string of the molecule is O=C1N(OS(=O)(=O)O)[C@@H]2CC[C@@](CCC3CCNCC3)(C(=O)O)N1C2. The molecule has 3 N–H and O–H groups in total. The van der Waals surface area contributed by atoms with Gasteiger partial charge < -0.3 is 15.3 Å². The summed E-state index contributed by atoms with van der Waals surface area (Å²) in [5.74, 6) is -0.667. The van der Waals surface area contributed by atoms with E-state index >= 15 is 0 Å². The largest absolute Gasteiger partial charge is 0.479 e. The van der Waals surface area contributed by atoms with Crippen LogP contribution in [0.1, 0.15) is 38.5 Å². The first-order valence-corrected chi connectivity index (χ1v) is 9.81. The molecule has 3 fully saturated rings. The van der Waals surface area contributed by atoms with Gasteiger partial charge in [-0.2, -0.15) is 13.5 Å². The number of hydroxylamine groups is 2. The molecule has 0 aromatic heterocycles. The van der Waals surface area contributed by atoms with E-state index in [2.05, 4.69) is 9.60 Å². The standard InChI is InChI=1S/C14H23N3O7S/c18-12(19)14(5-1-10-3-7-15-8-4-10)6-2-11-9-16(14)13(20)17(11)24-25(21,22)23/h10-11,15H,1-9H2,(H,18,19)(H,21,22,23)/t11-,14+/m1/s1. The lowest BCUT2D eigenvalue weighted by Gasteiger charge is -2.41. The van der Waals surface area contributed by atoms with E-state index in [0.29, 0.717) is 30.2 Å². The highest BCUT2D eigenvalue weighted by Crippen LogP contribution is 2.41. The Morgan fingerprint density at radius 2 is 2.00 bits per heavy atom. The van der Waals surface area contributed by atoms with Crippen molar-refractivity contribution in [1.29, 1.82) is 0 Å². The second-order valence-electron chi connectivity index (χ2n) is 6.98. The number of carbonyl (C=O) groups is 2. The van der Waals surface area contributed by atoms with Crippen molar-refractivity contribution in [2.75, 3.05) is 19.6 Å². The number of urea groups is 1. The van der Waals surface area contributed by atoms with Crippen molar-refractivity contribution in [3.63, 3.8) is 0 Å². The smallest absolute Gasteiger partial charge is 0.418 e. The lowest BCUT2D eigenvalue weighted by Crippen LogP contribution is -2.57. The molecule has 3 saturated heterocycles. The zero-order valence-electron chi connectivity index (χ0n) is 13.8. The molecule has 3 aliphatic rings. The molecule has 2 bridgehead atoms. The predicted octanol–water partition coefficient (Wildman–Crippen LogP) is 0.224. The molecular formula is C14H23N3O7S. The van der Waals surface area contributed by atoms with Gasteiger partial charge in [0.25, 0.3) is 0 Å². The number of piperidine rings is 2. The molecule has 142 valence electrons. The molecule has 3 aliphatic heterocycles. The number of carbonyl (C=O) groups excluding carboxylic acids is 1. The summed E-state index contributed by atoms with van der Waals surface area (Å²) in [6.45, 7) is 1.89. The minimum Gasteiger partial charge on any atom is -0.479 e. The first-order valence-electron chi connectivity index (χ1n) is 8.45. The van der Waals surface area contributed by atoms with Gasteiger partial charge in [-0.3, -0.25) is 4.55 Å². The van der Waals surface area contributed by atoms with Gasteiger partial charge in [0.2, 0.25) is 0 Å². The molecule has 3 heterocycles. The highest BCUT2D eigenvalue weighted by molar-refractivity contribution is 7.80. The number of carboxylic acid groups (broad SMARTS) is 1. The maximum Gasteiger partial charge on any atom is 0.418 e. The van der Waals surface area contributed by atoms with Gasteiger partial charge in [0, 0.05) is 6.54 Å². The van der Waals surface area contributed by atoms with E-state index in [-0.39, 0.29) is 13.0 Å². The van der Waals surface area contributed by atoms with E-state index in [1.54, 1.807) is 0 Å². The number of rotatable bonds is 6. The molecule has 0 radical (unpaired) electrons. The third-order valence-electron chi connectivity index (χ3n) is 5.55. The number of nitrogens with one attached hydrogen (secondary N) is 1. The molecule has 2 atom stereocenters. The molecule has 11 heteroatoms. The van der Waals surface area contributed by atoms with E-state index < -0.39 is 34.0 Å². The van der Waals surface area contributed by atoms with Crippen LogP contribution < -0.4 is 5.32 Å². The molecule has 0 aromatic carbocycles. The summed E-state index contributed by atoms with van der Waals surface area (Å²) in [5, 5.41) is 13.7. The quantitative estimate of drug-likeness (QED) is 0.559. The molecule has 3 rings (SSSR count). The third kappa shape index (κ3) is 3.59. The van der Waals surface area contributed by atoms with E-state index in [0.717, 1.165) is 25.9 Å². The Kier molecular flexibility index (Phi) is 4.93. The van der Waals surface area contributed by atoms with Gasteiger partial charge in [-0.05, 0) is 57.5 Å². The monoisotopic (exact) mass is 377 g/mol. The first-order chi connectivity index (χ1) is 11.7. The average molecular weight is 377 g/mol. The highest BCUT2D eigenvalue weighted by Gasteiger charge is 2.58. The second kappa shape index (κ2) is 6.71. The van der Waals surface area contributed by atoms with Crippen molar-refractivity contribution in [3.8, 4) is 0 Å². The fraction of sp³-hybridized carbons (Fsp3) is 0.857. The third-order valence-corrected chi connectivity index (χ3v) is 5.90. The average Bonchev–Trinajstić information content (AvgIpc) is 2.80. The maximum absolute atomic E-state index is 12.5. The van der Waals surface area contributed by atoms with Crippen molar-refractivity contribution in [2.24, 2.45) is 5.92 Å². The van der Waals surface area contributed by atoms with Crippen LogP contribution in [0.15, 0.2) is 0 Å². The predicted molar refractivity (Wildman–Crippen MR) is 84.8 cm³/mol. The Labute approximate surface area is 146 Å². The van der Waals surface area contributed by atoms with Gasteiger partial charge in [-0.25, -0.2) is 9.59 Å². The van der Waals surface area contributed by atoms with Gasteiger partial charge >= 0.3 is 22.4 Å². The number of amides is 2. The number of aliphatic carboxylic acids is 1. The van der Waals surface area contributed by atoms with Gasteiger partial charge in [0.1, 0.15) is 5.54 Å². The Balaban J connectivity index is 1.76. The molecule has 0 saturated carbocycles.